The second-order valence-corrected chi connectivity index (χ2v) is 5.49. The zero-order valence-electron chi connectivity index (χ0n) is 12.3. The van der Waals surface area contributed by atoms with Gasteiger partial charge in [0, 0.05) is 38.7 Å². The van der Waals surface area contributed by atoms with Crippen LogP contribution in [-0.2, 0) is 4.74 Å². The van der Waals surface area contributed by atoms with E-state index in [-0.39, 0.29) is 0 Å². The summed E-state index contributed by atoms with van der Waals surface area (Å²) in [6.45, 7) is 8.39. The first-order valence-corrected chi connectivity index (χ1v) is 7.59. The van der Waals surface area contributed by atoms with Gasteiger partial charge in [0.05, 0.1) is 6.61 Å². The molecule has 0 amide bonds. The maximum atomic E-state index is 5.39. The number of likely N-dealkylation sites (N-methyl/N-ethyl adjacent to an activating group) is 1. The molecule has 2 aliphatic rings. The van der Waals surface area contributed by atoms with Gasteiger partial charge >= 0.3 is 0 Å². The molecule has 2 aliphatic heterocycles. The molecule has 2 atom stereocenters. The van der Waals surface area contributed by atoms with Crippen molar-refractivity contribution in [2.75, 3.05) is 46.4 Å². The van der Waals surface area contributed by atoms with Gasteiger partial charge in [-0.15, -0.1) is 0 Å². The van der Waals surface area contributed by atoms with Gasteiger partial charge in [-0.25, -0.2) is 0 Å². The summed E-state index contributed by atoms with van der Waals surface area (Å²) in [5.41, 5.74) is 0. The number of hydrogen-bond acceptors (Lipinski definition) is 3. The fraction of sp³-hybridized carbons (Fsp3) is 0.929. The van der Waals surface area contributed by atoms with Crippen LogP contribution in [-0.4, -0.2) is 63.3 Å². The molecule has 0 radical (unpaired) electrons. The smallest absolute Gasteiger partial charge is 0.191 e. The van der Waals surface area contributed by atoms with E-state index >= 15 is 0 Å². The van der Waals surface area contributed by atoms with Crippen molar-refractivity contribution in [3.05, 3.63) is 0 Å². The molecule has 0 aromatic rings. The Morgan fingerprint density at radius 2 is 2.16 bits per heavy atom. The number of rotatable bonds is 5. The van der Waals surface area contributed by atoms with Crippen LogP contribution in [0.3, 0.4) is 0 Å². The van der Waals surface area contributed by atoms with Crippen LogP contribution in [0.25, 0.3) is 0 Å². The van der Waals surface area contributed by atoms with E-state index in [1.807, 2.05) is 7.05 Å². The van der Waals surface area contributed by atoms with Crippen molar-refractivity contribution in [1.29, 1.82) is 0 Å². The van der Waals surface area contributed by atoms with Crippen LogP contribution in [0.1, 0.15) is 26.2 Å². The van der Waals surface area contributed by atoms with Gasteiger partial charge in [-0.05, 0) is 32.4 Å². The van der Waals surface area contributed by atoms with E-state index < -0.39 is 0 Å². The maximum Gasteiger partial charge on any atom is 0.191 e. The Morgan fingerprint density at radius 1 is 1.32 bits per heavy atom. The summed E-state index contributed by atoms with van der Waals surface area (Å²) >= 11 is 0. The molecule has 0 spiro atoms. The van der Waals surface area contributed by atoms with Gasteiger partial charge in [0.2, 0.25) is 0 Å². The Labute approximate surface area is 116 Å². The molecule has 0 aromatic carbocycles. The minimum atomic E-state index is 0.636. The minimum absolute atomic E-state index is 0.636. The predicted octanol–water partition coefficient (Wildman–Crippen LogP) is 0.672. The van der Waals surface area contributed by atoms with Gasteiger partial charge in [-0.2, -0.15) is 0 Å². The van der Waals surface area contributed by atoms with Crippen LogP contribution in [0.15, 0.2) is 4.99 Å². The Balaban J connectivity index is 1.67. The van der Waals surface area contributed by atoms with E-state index in [0.717, 1.165) is 45.2 Å². The second-order valence-electron chi connectivity index (χ2n) is 5.49. The third-order valence-corrected chi connectivity index (χ3v) is 4.22. The van der Waals surface area contributed by atoms with E-state index in [4.69, 9.17) is 4.74 Å². The molecule has 2 unspecified atom stereocenters. The zero-order valence-corrected chi connectivity index (χ0v) is 12.3. The largest absolute Gasteiger partial charge is 0.381 e. The molecule has 0 aromatic heterocycles. The molecule has 19 heavy (non-hydrogen) atoms. The van der Waals surface area contributed by atoms with E-state index in [1.54, 1.807) is 0 Å². The number of likely N-dealkylation sites (tertiary alicyclic amines) is 1. The van der Waals surface area contributed by atoms with Crippen LogP contribution in [0.2, 0.25) is 0 Å². The van der Waals surface area contributed by atoms with Crippen LogP contribution in [0.4, 0.5) is 0 Å². The lowest BCUT2D eigenvalue weighted by Gasteiger charge is -2.24. The summed E-state index contributed by atoms with van der Waals surface area (Å²) in [6, 6.07) is 0.665. The molecule has 2 fully saturated rings. The molecule has 2 N–H and O–H groups in total. The molecule has 2 heterocycles. The van der Waals surface area contributed by atoms with Crippen molar-refractivity contribution in [1.82, 2.24) is 15.5 Å². The van der Waals surface area contributed by atoms with Gasteiger partial charge in [-0.3, -0.25) is 9.89 Å². The van der Waals surface area contributed by atoms with Crippen LogP contribution >= 0.6 is 0 Å². The fourth-order valence-corrected chi connectivity index (χ4v) is 2.96. The Morgan fingerprint density at radius 3 is 2.84 bits per heavy atom. The first-order valence-electron chi connectivity index (χ1n) is 7.59. The average molecular weight is 268 g/mol. The van der Waals surface area contributed by atoms with E-state index in [0.29, 0.717) is 12.0 Å². The molecule has 0 bridgehead atoms. The van der Waals surface area contributed by atoms with Gasteiger partial charge in [0.25, 0.3) is 0 Å². The topological polar surface area (TPSA) is 48.9 Å². The molecule has 0 aliphatic carbocycles. The van der Waals surface area contributed by atoms with Crippen molar-refractivity contribution in [2.45, 2.75) is 32.2 Å². The second kappa shape index (κ2) is 7.70. The summed E-state index contributed by atoms with van der Waals surface area (Å²) in [4.78, 5) is 6.84. The molecule has 5 nitrogen and oxygen atoms in total. The molecule has 2 saturated heterocycles. The van der Waals surface area contributed by atoms with E-state index in [9.17, 15) is 0 Å². The number of hydrogen-bond donors (Lipinski definition) is 2. The van der Waals surface area contributed by atoms with Crippen LogP contribution < -0.4 is 10.6 Å². The molecular weight excluding hydrogens is 240 g/mol. The first-order chi connectivity index (χ1) is 9.33. The molecular formula is C14H28N4O. The number of guanidine groups is 1. The Bertz CT molecular complexity index is 289. The monoisotopic (exact) mass is 268 g/mol. The van der Waals surface area contributed by atoms with Crippen molar-refractivity contribution >= 4 is 5.96 Å². The lowest BCUT2D eigenvalue weighted by Crippen LogP contribution is -2.45. The first kappa shape index (κ1) is 14.6. The summed E-state index contributed by atoms with van der Waals surface area (Å²) in [7, 11) is 1.84. The van der Waals surface area contributed by atoms with Crippen molar-refractivity contribution in [3.8, 4) is 0 Å². The van der Waals surface area contributed by atoms with Gasteiger partial charge in [-0.1, -0.05) is 6.92 Å². The van der Waals surface area contributed by atoms with Gasteiger partial charge < -0.3 is 15.4 Å². The highest BCUT2D eigenvalue weighted by Gasteiger charge is 2.23. The highest BCUT2D eigenvalue weighted by Crippen LogP contribution is 2.15. The maximum absolute atomic E-state index is 5.39. The summed E-state index contributed by atoms with van der Waals surface area (Å²) < 4.78 is 5.39. The standard InChI is InChI=1S/C14H28N4O/c1-3-18-7-4-5-13(18)10-17-14(15-2)16-9-12-6-8-19-11-12/h12-13H,3-11H2,1-2H3,(H2,15,16,17). The minimum Gasteiger partial charge on any atom is -0.381 e. The average Bonchev–Trinajstić information content (AvgIpc) is 3.09. The van der Waals surface area contributed by atoms with E-state index in [2.05, 4.69) is 27.4 Å². The quantitative estimate of drug-likeness (QED) is 0.568. The lowest BCUT2D eigenvalue weighted by atomic mass is 10.1. The normalized spacial score (nSPS) is 28.8. The third-order valence-electron chi connectivity index (χ3n) is 4.22. The number of nitrogens with zero attached hydrogens (tertiary/aromatic N) is 2. The summed E-state index contributed by atoms with van der Waals surface area (Å²) in [6.07, 6.45) is 3.79. The summed E-state index contributed by atoms with van der Waals surface area (Å²) in [5.74, 6) is 1.56. The molecule has 2 rings (SSSR count). The number of ether oxygens (including phenoxy) is 1. The van der Waals surface area contributed by atoms with Gasteiger partial charge in [0.1, 0.15) is 0 Å². The third kappa shape index (κ3) is 4.35. The predicted molar refractivity (Wildman–Crippen MR) is 78.6 cm³/mol. The molecule has 110 valence electrons. The molecule has 5 heteroatoms. The van der Waals surface area contributed by atoms with Gasteiger partial charge in [0.15, 0.2) is 5.96 Å². The highest BCUT2D eigenvalue weighted by atomic mass is 16.5. The molecule has 0 saturated carbocycles. The van der Waals surface area contributed by atoms with Crippen molar-refractivity contribution in [2.24, 2.45) is 10.9 Å². The van der Waals surface area contributed by atoms with Crippen LogP contribution in [0.5, 0.6) is 0 Å². The Hall–Kier alpha value is -0.810. The summed E-state index contributed by atoms with van der Waals surface area (Å²) in [5, 5.41) is 6.86. The van der Waals surface area contributed by atoms with Crippen molar-refractivity contribution < 1.29 is 4.74 Å². The number of nitrogens with one attached hydrogen (secondary N) is 2. The SMILES string of the molecule is CCN1CCCC1CNC(=NC)NCC1CCOC1. The van der Waals surface area contributed by atoms with Crippen LogP contribution in [0, 0.1) is 5.92 Å². The lowest BCUT2D eigenvalue weighted by molar-refractivity contribution is 0.186. The highest BCUT2D eigenvalue weighted by molar-refractivity contribution is 5.79. The Kier molecular flexibility index (Phi) is 5.92. The zero-order chi connectivity index (χ0) is 13.5. The fourth-order valence-electron chi connectivity index (χ4n) is 2.96. The van der Waals surface area contributed by atoms with Crippen molar-refractivity contribution in [3.63, 3.8) is 0 Å². The van der Waals surface area contributed by atoms with E-state index in [1.165, 1.54) is 19.4 Å². The number of aliphatic imine (C=N–C) groups is 1.